The lowest BCUT2D eigenvalue weighted by molar-refractivity contribution is 0.250. The maximum atomic E-state index is 11.6. The third-order valence-corrected chi connectivity index (χ3v) is 3.36. The molecule has 0 amide bonds. The van der Waals surface area contributed by atoms with Gasteiger partial charge >= 0.3 is 0 Å². The second kappa shape index (κ2) is 3.98. The van der Waals surface area contributed by atoms with E-state index in [2.05, 4.69) is 4.74 Å². The summed E-state index contributed by atoms with van der Waals surface area (Å²) in [6.45, 7) is 1.85. The molecular weight excluding hydrogens is 202 g/mol. The molecule has 1 aromatic carbocycles. The molecular formula is C9H13NO3S. The van der Waals surface area contributed by atoms with E-state index in [4.69, 9.17) is 5.73 Å². The lowest BCUT2D eigenvalue weighted by Gasteiger charge is -2.06. The van der Waals surface area contributed by atoms with Crippen molar-refractivity contribution in [2.24, 2.45) is 0 Å². The van der Waals surface area contributed by atoms with Crippen molar-refractivity contribution in [2.75, 3.05) is 18.8 Å². The summed E-state index contributed by atoms with van der Waals surface area (Å²) in [7, 11) is -2.07. The zero-order valence-corrected chi connectivity index (χ0v) is 8.97. The predicted octanol–water partition coefficient (Wildman–Crippen LogP) is 0.955. The van der Waals surface area contributed by atoms with Gasteiger partial charge in [0.2, 0.25) is 9.84 Å². The molecule has 0 saturated carbocycles. The van der Waals surface area contributed by atoms with Gasteiger partial charge in [0, 0.05) is 7.11 Å². The Morgan fingerprint density at radius 2 is 2.07 bits per heavy atom. The molecule has 0 unspecified atom stereocenters. The number of anilines is 1. The van der Waals surface area contributed by atoms with Crippen LogP contribution in [0, 0.1) is 6.92 Å². The fourth-order valence-electron chi connectivity index (χ4n) is 1.17. The largest absolute Gasteiger partial charge is 0.398 e. The summed E-state index contributed by atoms with van der Waals surface area (Å²) in [5, 5.41) is 0. The molecule has 2 N–H and O–H groups in total. The van der Waals surface area contributed by atoms with E-state index in [0.29, 0.717) is 0 Å². The van der Waals surface area contributed by atoms with Crippen molar-refractivity contribution in [1.82, 2.24) is 0 Å². The third kappa shape index (κ3) is 2.24. The van der Waals surface area contributed by atoms with Crippen LogP contribution in [-0.4, -0.2) is 21.5 Å². The van der Waals surface area contributed by atoms with Gasteiger partial charge in [0.15, 0.2) is 5.94 Å². The van der Waals surface area contributed by atoms with E-state index in [1.54, 1.807) is 12.1 Å². The number of benzene rings is 1. The van der Waals surface area contributed by atoms with Crippen LogP contribution in [0.15, 0.2) is 23.1 Å². The number of sulfone groups is 1. The van der Waals surface area contributed by atoms with Crippen LogP contribution in [0.1, 0.15) is 5.56 Å². The van der Waals surface area contributed by atoms with Crippen molar-refractivity contribution < 1.29 is 13.2 Å². The average Bonchev–Trinajstić information content (AvgIpc) is 2.02. The fraction of sp³-hybridized carbons (Fsp3) is 0.333. The van der Waals surface area contributed by atoms with Crippen LogP contribution in [0.5, 0.6) is 0 Å². The van der Waals surface area contributed by atoms with E-state index in [1.807, 2.05) is 6.92 Å². The molecule has 0 aromatic heterocycles. The maximum absolute atomic E-state index is 11.6. The summed E-state index contributed by atoms with van der Waals surface area (Å²) in [6.07, 6.45) is 0. The average molecular weight is 215 g/mol. The molecule has 14 heavy (non-hydrogen) atoms. The smallest absolute Gasteiger partial charge is 0.204 e. The summed E-state index contributed by atoms with van der Waals surface area (Å²) in [6, 6.07) is 4.83. The minimum absolute atomic E-state index is 0.130. The van der Waals surface area contributed by atoms with Crippen molar-refractivity contribution in [3.8, 4) is 0 Å². The van der Waals surface area contributed by atoms with Crippen LogP contribution in [0.4, 0.5) is 5.69 Å². The summed E-state index contributed by atoms with van der Waals surface area (Å²) in [5.74, 6) is -0.347. The van der Waals surface area contributed by atoms with E-state index in [0.717, 1.165) is 5.56 Å². The highest BCUT2D eigenvalue weighted by Crippen LogP contribution is 2.20. The van der Waals surface area contributed by atoms with Crippen LogP contribution < -0.4 is 5.73 Å². The van der Waals surface area contributed by atoms with E-state index in [9.17, 15) is 8.42 Å². The molecule has 0 spiro atoms. The Kier molecular flexibility index (Phi) is 3.13. The maximum Gasteiger partial charge on any atom is 0.204 e. The summed E-state index contributed by atoms with van der Waals surface area (Å²) in [5.41, 5.74) is 6.80. The Hall–Kier alpha value is -1.07. The van der Waals surface area contributed by atoms with Crippen molar-refractivity contribution in [3.63, 3.8) is 0 Å². The lowest BCUT2D eigenvalue weighted by atomic mass is 10.2. The summed E-state index contributed by atoms with van der Waals surface area (Å²) >= 11 is 0. The first-order chi connectivity index (χ1) is 6.47. The SMILES string of the molecule is COCS(=O)(=O)c1ccc(C)cc1N. The van der Waals surface area contributed by atoms with Crippen LogP contribution in [0.3, 0.4) is 0 Å². The van der Waals surface area contributed by atoms with Gasteiger partial charge in [-0.1, -0.05) is 6.07 Å². The van der Waals surface area contributed by atoms with E-state index in [-0.39, 0.29) is 16.5 Å². The molecule has 0 atom stereocenters. The van der Waals surface area contributed by atoms with Crippen molar-refractivity contribution >= 4 is 15.5 Å². The van der Waals surface area contributed by atoms with Gasteiger partial charge in [-0.15, -0.1) is 0 Å². The van der Waals surface area contributed by atoms with Crippen LogP contribution in [0.25, 0.3) is 0 Å². The highest BCUT2D eigenvalue weighted by Gasteiger charge is 2.16. The fourth-order valence-corrected chi connectivity index (χ4v) is 2.30. The van der Waals surface area contributed by atoms with E-state index in [1.165, 1.54) is 13.2 Å². The van der Waals surface area contributed by atoms with Crippen LogP contribution in [-0.2, 0) is 14.6 Å². The highest BCUT2D eigenvalue weighted by atomic mass is 32.2. The number of hydrogen-bond donors (Lipinski definition) is 1. The van der Waals surface area contributed by atoms with E-state index < -0.39 is 9.84 Å². The van der Waals surface area contributed by atoms with Gasteiger partial charge in [-0.3, -0.25) is 0 Å². The normalized spacial score (nSPS) is 11.6. The number of ether oxygens (including phenoxy) is 1. The van der Waals surface area contributed by atoms with Gasteiger partial charge in [0.1, 0.15) is 0 Å². The molecule has 0 heterocycles. The molecule has 1 rings (SSSR count). The number of hydrogen-bond acceptors (Lipinski definition) is 4. The molecule has 0 aliphatic heterocycles. The van der Waals surface area contributed by atoms with E-state index >= 15 is 0 Å². The Balaban J connectivity index is 3.20. The molecule has 0 bridgehead atoms. The van der Waals surface area contributed by atoms with Gasteiger partial charge < -0.3 is 10.5 Å². The summed E-state index contributed by atoms with van der Waals surface area (Å²) in [4.78, 5) is 0.130. The summed E-state index contributed by atoms with van der Waals surface area (Å²) < 4.78 is 27.7. The molecule has 0 saturated heterocycles. The molecule has 0 aliphatic carbocycles. The quantitative estimate of drug-likeness (QED) is 0.762. The predicted molar refractivity (Wildman–Crippen MR) is 54.7 cm³/mol. The number of rotatable bonds is 3. The number of aryl methyl sites for hydroxylation is 1. The second-order valence-electron chi connectivity index (χ2n) is 3.06. The van der Waals surface area contributed by atoms with Crippen molar-refractivity contribution in [3.05, 3.63) is 23.8 Å². The molecule has 1 aromatic rings. The zero-order valence-electron chi connectivity index (χ0n) is 8.15. The molecule has 0 aliphatic rings. The topological polar surface area (TPSA) is 69.4 Å². The number of nitrogen functional groups attached to an aromatic ring is 1. The Morgan fingerprint density at radius 1 is 1.43 bits per heavy atom. The molecule has 78 valence electrons. The molecule has 0 fully saturated rings. The minimum atomic E-state index is -3.40. The third-order valence-electron chi connectivity index (χ3n) is 1.77. The highest BCUT2D eigenvalue weighted by molar-refractivity contribution is 7.91. The van der Waals surface area contributed by atoms with Crippen molar-refractivity contribution in [1.29, 1.82) is 0 Å². The Morgan fingerprint density at radius 3 is 2.57 bits per heavy atom. The first-order valence-corrected chi connectivity index (χ1v) is 5.70. The molecule has 4 nitrogen and oxygen atoms in total. The first kappa shape index (κ1) is 11.0. The number of methoxy groups -OCH3 is 1. The van der Waals surface area contributed by atoms with Gasteiger partial charge in [0.05, 0.1) is 10.6 Å². The monoisotopic (exact) mass is 215 g/mol. The van der Waals surface area contributed by atoms with Crippen LogP contribution >= 0.6 is 0 Å². The Bertz CT molecular complexity index is 426. The van der Waals surface area contributed by atoms with Crippen LogP contribution in [0.2, 0.25) is 0 Å². The Labute approximate surface area is 83.6 Å². The standard InChI is InChI=1S/C9H13NO3S/c1-7-3-4-9(8(10)5-7)14(11,12)6-13-2/h3-5H,6,10H2,1-2H3. The molecule has 5 heteroatoms. The molecule has 0 radical (unpaired) electrons. The van der Waals surface area contributed by atoms with Gasteiger partial charge in [-0.2, -0.15) is 0 Å². The second-order valence-corrected chi connectivity index (χ2v) is 4.97. The van der Waals surface area contributed by atoms with Crippen molar-refractivity contribution in [2.45, 2.75) is 11.8 Å². The van der Waals surface area contributed by atoms with Gasteiger partial charge in [0.25, 0.3) is 0 Å². The first-order valence-electron chi connectivity index (χ1n) is 4.05. The van der Waals surface area contributed by atoms with Gasteiger partial charge in [-0.25, -0.2) is 8.42 Å². The lowest BCUT2D eigenvalue weighted by Crippen LogP contribution is -2.10. The number of nitrogens with two attached hydrogens (primary N) is 1. The van der Waals surface area contributed by atoms with Gasteiger partial charge in [-0.05, 0) is 24.6 Å². The zero-order chi connectivity index (χ0) is 10.8. The minimum Gasteiger partial charge on any atom is -0.398 e.